The molecular weight excluding hydrogens is 342 g/mol. The van der Waals surface area contributed by atoms with Crippen molar-refractivity contribution in [3.8, 4) is 11.4 Å². The summed E-state index contributed by atoms with van der Waals surface area (Å²) in [6.07, 6.45) is 0. The maximum Gasteiger partial charge on any atom is 0.333 e. The number of ether oxygens (including phenoxy) is 1. The molecule has 6 heteroatoms. The molecule has 0 aliphatic rings. The average molecular weight is 365 g/mol. The summed E-state index contributed by atoms with van der Waals surface area (Å²) in [6.45, 7) is 11.3. The minimum Gasteiger partial charge on any atom is -0.505 e. The van der Waals surface area contributed by atoms with Crippen molar-refractivity contribution in [3.63, 3.8) is 0 Å². The number of aromatic hydroxyl groups is 1. The van der Waals surface area contributed by atoms with Crippen molar-refractivity contribution in [3.05, 3.63) is 59.7 Å². The maximum absolute atomic E-state index is 11.7. The smallest absolute Gasteiger partial charge is 0.333 e. The number of hydrogen-bond acceptors (Lipinski definition) is 5. The minimum atomic E-state index is -0.454. The Morgan fingerprint density at radius 1 is 1.19 bits per heavy atom. The molecule has 0 spiro atoms. The summed E-state index contributed by atoms with van der Waals surface area (Å²) in [5, 5.41) is 19.8. The molecule has 0 aliphatic carbocycles. The molecule has 0 radical (unpaired) electrons. The van der Waals surface area contributed by atoms with E-state index < -0.39 is 5.97 Å². The Morgan fingerprint density at radius 3 is 2.30 bits per heavy atom. The second kappa shape index (κ2) is 6.87. The van der Waals surface area contributed by atoms with Crippen LogP contribution in [0.2, 0.25) is 0 Å². The highest BCUT2D eigenvalue weighted by Gasteiger charge is 2.23. The van der Waals surface area contributed by atoms with Crippen molar-refractivity contribution in [1.82, 2.24) is 15.0 Å². The van der Waals surface area contributed by atoms with Gasteiger partial charge in [-0.15, -0.1) is 15.0 Å². The Balaban J connectivity index is 2.09. The van der Waals surface area contributed by atoms with Crippen molar-refractivity contribution in [2.75, 3.05) is 0 Å². The van der Waals surface area contributed by atoms with E-state index in [4.69, 9.17) is 4.74 Å². The van der Waals surface area contributed by atoms with Crippen molar-refractivity contribution in [2.24, 2.45) is 0 Å². The summed E-state index contributed by atoms with van der Waals surface area (Å²) in [7, 11) is 0. The number of phenolic OH excluding ortho intramolecular Hbond substituents is 1. The molecule has 140 valence electrons. The van der Waals surface area contributed by atoms with Gasteiger partial charge in [0.2, 0.25) is 0 Å². The molecule has 1 N–H and O–H groups in total. The Bertz CT molecular complexity index is 996. The van der Waals surface area contributed by atoms with Crippen molar-refractivity contribution < 1.29 is 14.6 Å². The summed E-state index contributed by atoms with van der Waals surface area (Å²) >= 11 is 0. The molecule has 0 unspecified atom stereocenters. The second-order valence-electron chi connectivity index (χ2n) is 7.60. The van der Waals surface area contributed by atoms with Crippen LogP contribution in [-0.2, 0) is 21.6 Å². The van der Waals surface area contributed by atoms with E-state index in [-0.39, 0.29) is 17.8 Å². The SMILES string of the molecule is C=C(C)C(=O)OCc1cc(-n2nc3ccccc3n2)c(O)c(C(C)(C)C)c1. The van der Waals surface area contributed by atoms with Gasteiger partial charge in [-0.1, -0.05) is 39.5 Å². The summed E-state index contributed by atoms with van der Waals surface area (Å²) in [6, 6.07) is 11.1. The van der Waals surface area contributed by atoms with E-state index >= 15 is 0 Å². The van der Waals surface area contributed by atoms with E-state index in [0.29, 0.717) is 11.3 Å². The normalized spacial score (nSPS) is 11.6. The number of benzene rings is 2. The number of nitrogens with zero attached hydrogens (tertiary/aromatic N) is 3. The van der Waals surface area contributed by atoms with Crippen LogP contribution < -0.4 is 0 Å². The summed E-state index contributed by atoms with van der Waals surface area (Å²) in [4.78, 5) is 13.2. The van der Waals surface area contributed by atoms with Crippen LogP contribution in [0.4, 0.5) is 0 Å². The van der Waals surface area contributed by atoms with Gasteiger partial charge < -0.3 is 9.84 Å². The lowest BCUT2D eigenvalue weighted by molar-refractivity contribution is -0.140. The monoisotopic (exact) mass is 365 g/mol. The van der Waals surface area contributed by atoms with Crippen LogP contribution in [0.15, 0.2) is 48.6 Å². The number of aromatic nitrogens is 3. The quantitative estimate of drug-likeness (QED) is 0.558. The first-order valence-electron chi connectivity index (χ1n) is 8.68. The van der Waals surface area contributed by atoms with E-state index in [1.165, 1.54) is 4.80 Å². The zero-order chi connectivity index (χ0) is 19.8. The Labute approximate surface area is 158 Å². The van der Waals surface area contributed by atoms with Gasteiger partial charge in [-0.3, -0.25) is 0 Å². The van der Waals surface area contributed by atoms with E-state index in [1.54, 1.807) is 13.0 Å². The molecule has 0 saturated heterocycles. The lowest BCUT2D eigenvalue weighted by Gasteiger charge is -2.23. The molecule has 2 aromatic carbocycles. The molecule has 0 bridgehead atoms. The van der Waals surface area contributed by atoms with Gasteiger partial charge >= 0.3 is 5.97 Å². The fourth-order valence-electron chi connectivity index (χ4n) is 2.72. The van der Waals surface area contributed by atoms with Crippen LogP contribution in [0.1, 0.15) is 38.8 Å². The molecule has 27 heavy (non-hydrogen) atoms. The largest absolute Gasteiger partial charge is 0.505 e. The molecular formula is C21H23N3O3. The van der Waals surface area contributed by atoms with Crippen LogP contribution in [-0.4, -0.2) is 26.1 Å². The zero-order valence-electron chi connectivity index (χ0n) is 16.0. The highest BCUT2D eigenvalue weighted by atomic mass is 16.5. The predicted octanol–water partition coefficient (Wildman–Crippen LogP) is 4.04. The van der Waals surface area contributed by atoms with Gasteiger partial charge in [0.25, 0.3) is 0 Å². The molecule has 6 nitrogen and oxygen atoms in total. The molecule has 0 aliphatic heterocycles. The number of rotatable bonds is 4. The average Bonchev–Trinajstić information content (AvgIpc) is 3.03. The van der Waals surface area contributed by atoms with E-state index in [0.717, 1.165) is 22.2 Å². The maximum atomic E-state index is 11.7. The van der Waals surface area contributed by atoms with Gasteiger partial charge in [0.15, 0.2) is 0 Å². The zero-order valence-corrected chi connectivity index (χ0v) is 16.0. The molecule has 0 fully saturated rings. The van der Waals surface area contributed by atoms with Gasteiger partial charge in [0.05, 0.1) is 0 Å². The predicted molar refractivity (Wildman–Crippen MR) is 104 cm³/mol. The Hall–Kier alpha value is -3.15. The highest BCUT2D eigenvalue weighted by molar-refractivity contribution is 5.86. The summed E-state index contributed by atoms with van der Waals surface area (Å²) in [5.41, 5.74) is 3.39. The van der Waals surface area contributed by atoms with Gasteiger partial charge in [0.1, 0.15) is 29.1 Å². The van der Waals surface area contributed by atoms with Crippen LogP contribution >= 0.6 is 0 Å². The topological polar surface area (TPSA) is 77.2 Å². The fraction of sp³-hybridized carbons (Fsp3) is 0.286. The molecule has 0 amide bonds. The molecule has 0 saturated carbocycles. The van der Waals surface area contributed by atoms with Crippen molar-refractivity contribution in [1.29, 1.82) is 0 Å². The van der Waals surface area contributed by atoms with E-state index in [1.807, 2.05) is 51.1 Å². The molecule has 3 aromatic rings. The number of carbonyl (C=O) groups is 1. The lowest BCUT2D eigenvalue weighted by atomic mass is 9.85. The van der Waals surface area contributed by atoms with Crippen LogP contribution in [0, 0.1) is 0 Å². The number of carbonyl (C=O) groups excluding carboxylic acids is 1. The third-order valence-corrected chi connectivity index (χ3v) is 4.18. The number of esters is 1. The molecule has 1 heterocycles. The Morgan fingerprint density at radius 2 is 1.78 bits per heavy atom. The van der Waals surface area contributed by atoms with Crippen LogP contribution in [0.25, 0.3) is 16.7 Å². The van der Waals surface area contributed by atoms with E-state index in [2.05, 4.69) is 16.8 Å². The number of hydrogen-bond donors (Lipinski definition) is 1. The second-order valence-corrected chi connectivity index (χ2v) is 7.60. The molecule has 3 rings (SSSR count). The van der Waals surface area contributed by atoms with Gasteiger partial charge in [-0.05, 0) is 42.2 Å². The number of phenols is 1. The molecule has 0 atom stereocenters. The third-order valence-electron chi connectivity index (χ3n) is 4.18. The van der Waals surface area contributed by atoms with Crippen molar-refractivity contribution in [2.45, 2.75) is 39.7 Å². The first-order chi connectivity index (χ1) is 12.7. The van der Waals surface area contributed by atoms with Gasteiger partial charge in [-0.2, -0.15) is 0 Å². The Kier molecular flexibility index (Phi) is 4.74. The summed E-state index contributed by atoms with van der Waals surface area (Å²) < 4.78 is 5.28. The number of fused-ring (bicyclic) bond motifs is 1. The minimum absolute atomic E-state index is 0.0723. The first kappa shape index (κ1) is 18.6. The van der Waals surface area contributed by atoms with Gasteiger partial charge in [-0.25, -0.2) is 4.79 Å². The standard InChI is InChI=1S/C21H23N3O3/c1-13(2)20(26)27-12-14-10-15(21(3,4)5)19(25)18(11-14)24-22-16-8-6-7-9-17(16)23-24/h6-11,25H,1,12H2,2-5H3. The van der Waals surface area contributed by atoms with E-state index in [9.17, 15) is 9.90 Å². The third kappa shape index (κ3) is 3.84. The van der Waals surface area contributed by atoms with Crippen LogP contribution in [0.5, 0.6) is 5.75 Å². The van der Waals surface area contributed by atoms with Crippen LogP contribution in [0.3, 0.4) is 0 Å². The molecule has 1 aromatic heterocycles. The first-order valence-corrected chi connectivity index (χ1v) is 8.68. The van der Waals surface area contributed by atoms with Gasteiger partial charge in [0, 0.05) is 11.1 Å². The van der Waals surface area contributed by atoms with Crippen molar-refractivity contribution >= 4 is 17.0 Å². The highest BCUT2D eigenvalue weighted by Crippen LogP contribution is 2.36. The lowest BCUT2D eigenvalue weighted by Crippen LogP contribution is -2.15. The summed E-state index contributed by atoms with van der Waals surface area (Å²) in [5.74, 6) is -0.345. The fourth-order valence-corrected chi connectivity index (χ4v) is 2.72.